The summed E-state index contributed by atoms with van der Waals surface area (Å²) >= 11 is 0. The lowest BCUT2D eigenvalue weighted by atomic mass is 10.1. The van der Waals surface area contributed by atoms with Crippen molar-refractivity contribution in [3.05, 3.63) is 83.2 Å². The number of benzene rings is 3. The molecular formula is C24H23FO5S. The minimum atomic E-state index is -3.70. The molecule has 0 unspecified atom stereocenters. The average molecular weight is 443 g/mol. The van der Waals surface area contributed by atoms with Gasteiger partial charge in [0.1, 0.15) is 5.82 Å². The van der Waals surface area contributed by atoms with E-state index in [0.717, 1.165) is 17.2 Å². The minimum Gasteiger partial charge on any atom is -0.493 e. The largest absolute Gasteiger partial charge is 0.493 e. The second-order valence-corrected chi connectivity index (χ2v) is 8.70. The van der Waals surface area contributed by atoms with Crippen LogP contribution in [0.5, 0.6) is 17.2 Å². The van der Waals surface area contributed by atoms with Crippen molar-refractivity contribution in [1.82, 2.24) is 0 Å². The molecule has 0 saturated heterocycles. The van der Waals surface area contributed by atoms with E-state index in [0.29, 0.717) is 22.8 Å². The van der Waals surface area contributed by atoms with E-state index in [1.165, 1.54) is 39.5 Å². The van der Waals surface area contributed by atoms with Crippen LogP contribution < -0.4 is 14.2 Å². The summed E-state index contributed by atoms with van der Waals surface area (Å²) in [5.41, 5.74) is 2.13. The molecule has 7 heteroatoms. The summed E-state index contributed by atoms with van der Waals surface area (Å²) in [4.78, 5) is -0.0455. The summed E-state index contributed by atoms with van der Waals surface area (Å²) in [6.07, 6.45) is 3.65. The number of rotatable bonds is 8. The molecule has 0 N–H and O–H groups in total. The van der Waals surface area contributed by atoms with Crippen LogP contribution in [0, 0.1) is 5.82 Å². The van der Waals surface area contributed by atoms with E-state index < -0.39 is 15.7 Å². The zero-order valence-electron chi connectivity index (χ0n) is 17.5. The summed E-state index contributed by atoms with van der Waals surface area (Å²) in [5, 5.41) is 0. The highest BCUT2D eigenvalue weighted by atomic mass is 32.2. The van der Waals surface area contributed by atoms with E-state index in [1.54, 1.807) is 24.3 Å². The fraction of sp³-hybridized carbons (Fsp3) is 0.167. The molecule has 0 atom stereocenters. The molecule has 0 saturated carbocycles. The van der Waals surface area contributed by atoms with Gasteiger partial charge in [-0.1, -0.05) is 42.5 Å². The van der Waals surface area contributed by atoms with Crippen molar-refractivity contribution in [2.75, 3.05) is 21.3 Å². The number of hydrogen-bond donors (Lipinski definition) is 0. The highest BCUT2D eigenvalue weighted by Gasteiger charge is 2.17. The summed E-state index contributed by atoms with van der Waals surface area (Å²) in [6, 6.07) is 15.8. The van der Waals surface area contributed by atoms with Crippen LogP contribution in [0.3, 0.4) is 0 Å². The third-order valence-electron chi connectivity index (χ3n) is 4.70. The number of hydrogen-bond acceptors (Lipinski definition) is 5. The van der Waals surface area contributed by atoms with E-state index >= 15 is 0 Å². The molecule has 0 bridgehead atoms. The van der Waals surface area contributed by atoms with E-state index in [-0.39, 0.29) is 10.6 Å². The number of methoxy groups -OCH3 is 3. The molecule has 5 nitrogen and oxygen atoms in total. The number of halogens is 1. The van der Waals surface area contributed by atoms with Crippen molar-refractivity contribution < 1.29 is 27.0 Å². The van der Waals surface area contributed by atoms with Gasteiger partial charge in [-0.25, -0.2) is 12.8 Å². The summed E-state index contributed by atoms with van der Waals surface area (Å²) in [7, 11) is 0.909. The molecule has 3 aromatic carbocycles. The zero-order valence-corrected chi connectivity index (χ0v) is 18.3. The van der Waals surface area contributed by atoms with Gasteiger partial charge in [0, 0.05) is 0 Å². The highest BCUT2D eigenvalue weighted by molar-refractivity contribution is 7.90. The van der Waals surface area contributed by atoms with Gasteiger partial charge in [-0.3, -0.25) is 0 Å². The highest BCUT2D eigenvalue weighted by Crippen LogP contribution is 2.38. The van der Waals surface area contributed by atoms with Crippen LogP contribution in [0.4, 0.5) is 4.39 Å². The van der Waals surface area contributed by atoms with Gasteiger partial charge in [0.05, 0.1) is 32.0 Å². The standard InChI is InChI=1S/C24H23FO5S/c1-28-22-13-17(14-23(29-2)24(22)30-3)11-12-18-7-4-5-8-19(18)16-31(26,27)21-10-6-9-20(25)15-21/h4-15H,16H2,1-3H3/b12-11-. The van der Waals surface area contributed by atoms with E-state index in [1.807, 2.05) is 24.3 Å². The molecule has 3 aromatic rings. The van der Waals surface area contributed by atoms with Gasteiger partial charge in [0.2, 0.25) is 5.75 Å². The third-order valence-corrected chi connectivity index (χ3v) is 6.36. The maximum atomic E-state index is 13.5. The second kappa shape index (κ2) is 9.66. The Morgan fingerprint density at radius 2 is 1.52 bits per heavy atom. The summed E-state index contributed by atoms with van der Waals surface area (Å²) < 4.78 is 55.1. The van der Waals surface area contributed by atoms with Crippen LogP contribution >= 0.6 is 0 Å². The van der Waals surface area contributed by atoms with Crippen molar-refractivity contribution in [3.63, 3.8) is 0 Å². The Morgan fingerprint density at radius 1 is 0.839 bits per heavy atom. The van der Waals surface area contributed by atoms with Crippen molar-refractivity contribution >= 4 is 22.0 Å². The van der Waals surface area contributed by atoms with Crippen LogP contribution in [0.25, 0.3) is 12.2 Å². The molecule has 0 amide bonds. The number of ether oxygens (including phenoxy) is 3. The van der Waals surface area contributed by atoms with Crippen LogP contribution in [0.1, 0.15) is 16.7 Å². The lowest BCUT2D eigenvalue weighted by molar-refractivity contribution is 0.324. The van der Waals surface area contributed by atoms with Crippen molar-refractivity contribution in [3.8, 4) is 17.2 Å². The molecule has 0 aromatic heterocycles. The van der Waals surface area contributed by atoms with Crippen LogP contribution in [-0.4, -0.2) is 29.7 Å². The molecule has 0 fully saturated rings. The van der Waals surface area contributed by atoms with Gasteiger partial charge < -0.3 is 14.2 Å². The molecule has 0 spiro atoms. The van der Waals surface area contributed by atoms with Crippen molar-refractivity contribution in [2.24, 2.45) is 0 Å². The van der Waals surface area contributed by atoms with Gasteiger partial charge in [0.25, 0.3) is 0 Å². The van der Waals surface area contributed by atoms with Gasteiger partial charge >= 0.3 is 0 Å². The maximum absolute atomic E-state index is 13.5. The Labute approximate surface area is 181 Å². The summed E-state index contributed by atoms with van der Waals surface area (Å²) in [6.45, 7) is 0. The Balaban J connectivity index is 1.93. The van der Waals surface area contributed by atoms with Gasteiger partial charge in [0.15, 0.2) is 21.3 Å². The molecule has 0 radical (unpaired) electrons. The normalized spacial score (nSPS) is 11.5. The smallest absolute Gasteiger partial charge is 0.203 e. The quantitative estimate of drug-likeness (QED) is 0.460. The first-order valence-corrected chi connectivity index (χ1v) is 11.1. The van der Waals surface area contributed by atoms with Gasteiger partial charge in [-0.15, -0.1) is 0 Å². The Kier molecular flexibility index (Phi) is 6.97. The van der Waals surface area contributed by atoms with Gasteiger partial charge in [-0.05, 0) is 47.0 Å². The fourth-order valence-electron chi connectivity index (χ4n) is 3.16. The van der Waals surface area contributed by atoms with Crippen molar-refractivity contribution in [1.29, 1.82) is 0 Å². The summed E-state index contributed by atoms with van der Waals surface area (Å²) in [5.74, 6) is 0.694. The number of sulfone groups is 1. The maximum Gasteiger partial charge on any atom is 0.203 e. The average Bonchev–Trinajstić information content (AvgIpc) is 2.77. The fourth-order valence-corrected chi connectivity index (χ4v) is 4.58. The van der Waals surface area contributed by atoms with Crippen LogP contribution in [0.2, 0.25) is 0 Å². The SMILES string of the molecule is COc1cc(/C=C\c2ccccc2CS(=O)(=O)c2cccc(F)c2)cc(OC)c1OC. The predicted octanol–water partition coefficient (Wildman–Crippen LogP) is 5.00. The Hall–Kier alpha value is -3.32. The molecule has 0 aliphatic carbocycles. The second-order valence-electron chi connectivity index (χ2n) is 6.71. The van der Waals surface area contributed by atoms with Crippen LogP contribution in [-0.2, 0) is 15.6 Å². The Bertz CT molecular complexity index is 1180. The predicted molar refractivity (Wildman–Crippen MR) is 119 cm³/mol. The van der Waals surface area contributed by atoms with Crippen molar-refractivity contribution in [2.45, 2.75) is 10.6 Å². The lowest BCUT2D eigenvalue weighted by Crippen LogP contribution is -2.06. The molecule has 3 rings (SSSR count). The molecule has 31 heavy (non-hydrogen) atoms. The molecule has 0 aliphatic rings. The molecule has 162 valence electrons. The molecule has 0 heterocycles. The first-order valence-electron chi connectivity index (χ1n) is 9.42. The first-order chi connectivity index (χ1) is 14.9. The minimum absolute atomic E-state index is 0.0455. The lowest BCUT2D eigenvalue weighted by Gasteiger charge is -2.13. The van der Waals surface area contributed by atoms with E-state index in [4.69, 9.17) is 14.2 Å². The monoisotopic (exact) mass is 442 g/mol. The van der Waals surface area contributed by atoms with E-state index in [9.17, 15) is 12.8 Å². The zero-order chi connectivity index (χ0) is 22.4. The first kappa shape index (κ1) is 22.4. The third kappa shape index (κ3) is 5.24. The van der Waals surface area contributed by atoms with E-state index in [2.05, 4.69) is 0 Å². The molecule has 0 aliphatic heterocycles. The van der Waals surface area contributed by atoms with Gasteiger partial charge in [-0.2, -0.15) is 0 Å². The molecular weight excluding hydrogens is 419 g/mol. The topological polar surface area (TPSA) is 61.8 Å². The van der Waals surface area contributed by atoms with Crippen LogP contribution in [0.15, 0.2) is 65.6 Å². The Morgan fingerprint density at radius 3 is 2.13 bits per heavy atom.